The van der Waals surface area contributed by atoms with Gasteiger partial charge in [0.2, 0.25) is 5.91 Å². The Morgan fingerprint density at radius 3 is 2.50 bits per heavy atom. The lowest BCUT2D eigenvalue weighted by molar-refractivity contribution is -0.134. The van der Waals surface area contributed by atoms with Crippen molar-refractivity contribution in [3.8, 4) is 0 Å². The van der Waals surface area contributed by atoms with Crippen molar-refractivity contribution < 1.29 is 9.53 Å². The lowest BCUT2D eigenvalue weighted by atomic mass is 9.86. The van der Waals surface area contributed by atoms with Gasteiger partial charge in [-0.25, -0.2) is 0 Å². The van der Waals surface area contributed by atoms with Gasteiger partial charge in [-0.2, -0.15) is 0 Å². The monoisotopic (exact) mass is 251 g/mol. The van der Waals surface area contributed by atoms with Crippen LogP contribution in [0.5, 0.6) is 0 Å². The molecule has 3 atom stereocenters. The highest BCUT2D eigenvalue weighted by molar-refractivity contribution is 5.76. The fourth-order valence-electron chi connectivity index (χ4n) is 4.32. The highest BCUT2D eigenvalue weighted by Gasteiger charge is 2.40. The van der Waals surface area contributed by atoms with E-state index >= 15 is 0 Å². The number of piperidine rings is 1. The summed E-state index contributed by atoms with van der Waals surface area (Å²) < 4.78 is 5.35. The number of methoxy groups -OCH3 is 1. The van der Waals surface area contributed by atoms with E-state index in [1.807, 2.05) is 0 Å². The van der Waals surface area contributed by atoms with Gasteiger partial charge in [0, 0.05) is 26.6 Å². The molecule has 1 aliphatic heterocycles. The number of ether oxygens (including phenoxy) is 1. The summed E-state index contributed by atoms with van der Waals surface area (Å²) in [5.41, 5.74) is 0. The van der Waals surface area contributed by atoms with Crippen LogP contribution in [0.25, 0.3) is 0 Å². The first kappa shape index (κ1) is 12.5. The summed E-state index contributed by atoms with van der Waals surface area (Å²) >= 11 is 0. The first-order valence-electron chi connectivity index (χ1n) is 7.57. The Morgan fingerprint density at radius 1 is 1.17 bits per heavy atom. The topological polar surface area (TPSA) is 29.5 Å². The molecule has 0 spiro atoms. The molecule has 0 aromatic carbocycles. The molecule has 0 aromatic heterocycles. The lowest BCUT2D eigenvalue weighted by Gasteiger charge is -2.32. The molecule has 0 N–H and O–H groups in total. The van der Waals surface area contributed by atoms with Crippen LogP contribution in [0.2, 0.25) is 0 Å². The van der Waals surface area contributed by atoms with E-state index in [1.54, 1.807) is 7.11 Å². The maximum atomic E-state index is 12.3. The van der Waals surface area contributed by atoms with Crippen molar-refractivity contribution >= 4 is 5.91 Å². The minimum Gasteiger partial charge on any atom is -0.381 e. The van der Waals surface area contributed by atoms with Crippen LogP contribution >= 0.6 is 0 Å². The van der Waals surface area contributed by atoms with Gasteiger partial charge in [-0.1, -0.05) is 6.42 Å². The number of fused-ring (bicyclic) bond motifs is 2. The number of hydrogen-bond donors (Lipinski definition) is 0. The Hall–Kier alpha value is -0.570. The Bertz CT molecular complexity index is 310. The van der Waals surface area contributed by atoms with Gasteiger partial charge in [0.05, 0.1) is 6.10 Å². The van der Waals surface area contributed by atoms with Crippen LogP contribution in [-0.4, -0.2) is 37.1 Å². The highest BCUT2D eigenvalue weighted by Crippen LogP contribution is 2.49. The van der Waals surface area contributed by atoms with E-state index in [1.165, 1.54) is 25.7 Å². The SMILES string of the molecule is COC1CCN(C(=O)CC2CC3CCC2C3)CC1. The molecule has 3 rings (SSSR count). The Kier molecular flexibility index (Phi) is 3.60. The number of likely N-dealkylation sites (tertiary alicyclic amines) is 1. The molecule has 1 heterocycles. The number of nitrogens with zero attached hydrogens (tertiary/aromatic N) is 1. The van der Waals surface area contributed by atoms with Gasteiger partial charge in [-0.05, 0) is 49.9 Å². The molecule has 1 saturated heterocycles. The van der Waals surface area contributed by atoms with Crippen molar-refractivity contribution in [1.82, 2.24) is 4.90 Å². The maximum absolute atomic E-state index is 12.3. The van der Waals surface area contributed by atoms with Crippen molar-refractivity contribution in [3.63, 3.8) is 0 Å². The average Bonchev–Trinajstić information content (AvgIpc) is 3.01. The molecule has 3 nitrogen and oxygen atoms in total. The molecular formula is C15H25NO2. The summed E-state index contributed by atoms with van der Waals surface area (Å²) in [4.78, 5) is 14.4. The second-order valence-corrected chi connectivity index (χ2v) is 6.45. The van der Waals surface area contributed by atoms with Crippen LogP contribution < -0.4 is 0 Å². The number of hydrogen-bond acceptors (Lipinski definition) is 2. The first-order chi connectivity index (χ1) is 8.76. The van der Waals surface area contributed by atoms with Gasteiger partial charge in [0.1, 0.15) is 0 Å². The molecule has 3 aliphatic rings. The zero-order valence-corrected chi connectivity index (χ0v) is 11.4. The number of amides is 1. The molecule has 3 heteroatoms. The predicted octanol–water partition coefficient (Wildman–Crippen LogP) is 2.45. The van der Waals surface area contributed by atoms with E-state index in [4.69, 9.17) is 4.74 Å². The summed E-state index contributed by atoms with van der Waals surface area (Å²) in [6.07, 6.45) is 8.76. The third kappa shape index (κ3) is 2.42. The van der Waals surface area contributed by atoms with Crippen molar-refractivity contribution in [2.75, 3.05) is 20.2 Å². The van der Waals surface area contributed by atoms with Crippen LogP contribution in [0.15, 0.2) is 0 Å². The van der Waals surface area contributed by atoms with Gasteiger partial charge in [0.25, 0.3) is 0 Å². The van der Waals surface area contributed by atoms with Crippen LogP contribution in [0, 0.1) is 17.8 Å². The predicted molar refractivity (Wildman–Crippen MR) is 70.2 cm³/mol. The van der Waals surface area contributed by atoms with E-state index < -0.39 is 0 Å². The molecule has 18 heavy (non-hydrogen) atoms. The number of carbonyl (C=O) groups is 1. The molecular weight excluding hydrogens is 226 g/mol. The summed E-state index contributed by atoms with van der Waals surface area (Å²) in [7, 11) is 1.78. The normalized spacial score (nSPS) is 36.3. The van der Waals surface area contributed by atoms with E-state index in [-0.39, 0.29) is 0 Å². The largest absolute Gasteiger partial charge is 0.381 e. The summed E-state index contributed by atoms with van der Waals surface area (Å²) in [5, 5.41) is 0. The molecule has 1 amide bonds. The second kappa shape index (κ2) is 5.20. The third-order valence-corrected chi connectivity index (χ3v) is 5.45. The van der Waals surface area contributed by atoms with Gasteiger partial charge >= 0.3 is 0 Å². The second-order valence-electron chi connectivity index (χ2n) is 6.45. The Balaban J connectivity index is 1.47. The molecule has 2 saturated carbocycles. The van der Waals surface area contributed by atoms with E-state index in [2.05, 4.69) is 4.90 Å². The number of rotatable bonds is 3. The van der Waals surface area contributed by atoms with Gasteiger partial charge < -0.3 is 9.64 Å². The Labute approximate surface area is 110 Å². The number of carbonyl (C=O) groups excluding carboxylic acids is 1. The van der Waals surface area contributed by atoms with Crippen LogP contribution in [0.1, 0.15) is 44.9 Å². The van der Waals surface area contributed by atoms with Gasteiger partial charge in [-0.15, -0.1) is 0 Å². The first-order valence-corrected chi connectivity index (χ1v) is 7.57. The summed E-state index contributed by atoms with van der Waals surface area (Å²) in [6.45, 7) is 1.80. The average molecular weight is 251 g/mol. The highest BCUT2D eigenvalue weighted by atomic mass is 16.5. The van der Waals surface area contributed by atoms with Gasteiger partial charge in [0.15, 0.2) is 0 Å². The van der Waals surface area contributed by atoms with Crippen LogP contribution in [-0.2, 0) is 9.53 Å². The van der Waals surface area contributed by atoms with Crippen molar-refractivity contribution in [2.45, 2.75) is 51.0 Å². The standard InChI is InChI=1S/C15H25NO2/c1-18-14-4-6-16(7-5-14)15(17)10-13-9-11-2-3-12(13)8-11/h11-14H,2-10H2,1H3. The van der Waals surface area contributed by atoms with Crippen molar-refractivity contribution in [3.05, 3.63) is 0 Å². The molecule has 102 valence electrons. The molecule has 0 aromatic rings. The van der Waals surface area contributed by atoms with Crippen LogP contribution in [0.4, 0.5) is 0 Å². The fourth-order valence-corrected chi connectivity index (χ4v) is 4.32. The summed E-state index contributed by atoms with van der Waals surface area (Å²) in [6, 6.07) is 0. The molecule has 3 unspecified atom stereocenters. The molecule has 3 fully saturated rings. The lowest BCUT2D eigenvalue weighted by Crippen LogP contribution is -2.41. The minimum atomic E-state index is 0.372. The summed E-state index contributed by atoms with van der Waals surface area (Å²) in [5.74, 6) is 2.93. The zero-order chi connectivity index (χ0) is 12.5. The smallest absolute Gasteiger partial charge is 0.222 e. The Morgan fingerprint density at radius 2 is 1.94 bits per heavy atom. The minimum absolute atomic E-state index is 0.372. The maximum Gasteiger partial charge on any atom is 0.222 e. The molecule has 2 bridgehead atoms. The quantitative estimate of drug-likeness (QED) is 0.771. The zero-order valence-electron chi connectivity index (χ0n) is 11.4. The molecule has 2 aliphatic carbocycles. The van der Waals surface area contributed by atoms with E-state index in [0.29, 0.717) is 17.9 Å². The third-order valence-electron chi connectivity index (χ3n) is 5.45. The molecule has 0 radical (unpaired) electrons. The van der Waals surface area contributed by atoms with Crippen LogP contribution in [0.3, 0.4) is 0 Å². The van der Waals surface area contributed by atoms with E-state index in [0.717, 1.165) is 44.2 Å². The van der Waals surface area contributed by atoms with E-state index in [9.17, 15) is 4.79 Å². The van der Waals surface area contributed by atoms with Crippen molar-refractivity contribution in [2.24, 2.45) is 17.8 Å². The fraction of sp³-hybridized carbons (Fsp3) is 0.933. The van der Waals surface area contributed by atoms with Crippen molar-refractivity contribution in [1.29, 1.82) is 0 Å². The van der Waals surface area contributed by atoms with Gasteiger partial charge in [-0.3, -0.25) is 4.79 Å².